The van der Waals surface area contributed by atoms with Crippen LogP contribution >= 0.6 is 0 Å². The van der Waals surface area contributed by atoms with Crippen LogP contribution in [0.5, 0.6) is 0 Å². The van der Waals surface area contributed by atoms with Crippen LogP contribution < -0.4 is 57.3 Å². The molecule has 2 rings (SSSR count). The van der Waals surface area contributed by atoms with E-state index in [1.165, 1.54) is 0 Å². The second-order valence-corrected chi connectivity index (χ2v) is 4.89. The summed E-state index contributed by atoms with van der Waals surface area (Å²) in [5.41, 5.74) is 60.0. The predicted octanol–water partition coefficient (Wildman–Crippen LogP) is -0.824. The first-order valence-electron chi connectivity index (χ1n) is 6.14. The van der Waals surface area contributed by atoms with Crippen LogP contribution in [0.2, 0.25) is 0 Å². The van der Waals surface area contributed by atoms with Crippen molar-refractivity contribution in [2.45, 2.75) is 0 Å². The maximum atomic E-state index is 6.00. The van der Waals surface area contributed by atoms with Gasteiger partial charge in [-0.1, -0.05) is 0 Å². The first kappa shape index (κ1) is 14.8. The Morgan fingerprint density at radius 2 is 0.364 bits per heavy atom. The zero-order valence-electron chi connectivity index (χ0n) is 11.8. The van der Waals surface area contributed by atoms with E-state index in [1.807, 2.05) is 0 Å². The van der Waals surface area contributed by atoms with Gasteiger partial charge in [0.2, 0.25) is 0 Å². The van der Waals surface area contributed by atoms with Crippen LogP contribution in [0.25, 0.3) is 11.1 Å². The number of nitrogen functional groups attached to an aromatic ring is 10. The minimum absolute atomic E-state index is 0.0643. The molecule has 0 unspecified atom stereocenters. The molecule has 2 aromatic rings. The first-order valence-corrected chi connectivity index (χ1v) is 6.14. The molecule has 0 radical (unpaired) electrons. The zero-order valence-corrected chi connectivity index (χ0v) is 11.8. The Hall–Kier alpha value is -3.56. The minimum atomic E-state index is 0.0643. The van der Waals surface area contributed by atoms with Crippen LogP contribution in [0.15, 0.2) is 0 Å². The summed E-state index contributed by atoms with van der Waals surface area (Å²) in [7, 11) is 0. The van der Waals surface area contributed by atoms with E-state index >= 15 is 0 Å². The van der Waals surface area contributed by atoms with Gasteiger partial charge in [-0.2, -0.15) is 0 Å². The van der Waals surface area contributed by atoms with E-state index in [0.29, 0.717) is 0 Å². The fraction of sp³-hybridized carbons (Fsp3) is 0. The van der Waals surface area contributed by atoms with E-state index < -0.39 is 0 Å². The van der Waals surface area contributed by atoms with E-state index in [-0.39, 0.29) is 68.0 Å². The molecule has 0 aromatic heterocycles. The Kier molecular flexibility index (Phi) is 3.02. The molecule has 2 aromatic carbocycles. The van der Waals surface area contributed by atoms with Crippen molar-refractivity contribution in [2.75, 3.05) is 57.3 Å². The molecule has 0 aliphatic carbocycles. The van der Waals surface area contributed by atoms with Crippen LogP contribution in [-0.4, -0.2) is 0 Å². The molecule has 0 heterocycles. The van der Waals surface area contributed by atoms with Crippen LogP contribution in [0, 0.1) is 0 Å². The van der Waals surface area contributed by atoms with Crippen molar-refractivity contribution in [2.24, 2.45) is 0 Å². The van der Waals surface area contributed by atoms with Gasteiger partial charge >= 0.3 is 0 Å². The number of anilines is 10. The van der Waals surface area contributed by atoms with Crippen molar-refractivity contribution in [3.05, 3.63) is 0 Å². The van der Waals surface area contributed by atoms with E-state index in [1.54, 1.807) is 0 Å². The van der Waals surface area contributed by atoms with Gasteiger partial charge in [0.1, 0.15) is 0 Å². The third-order valence-electron chi connectivity index (χ3n) is 3.65. The van der Waals surface area contributed by atoms with Gasteiger partial charge < -0.3 is 57.3 Å². The van der Waals surface area contributed by atoms with Crippen molar-refractivity contribution in [1.82, 2.24) is 0 Å². The lowest BCUT2D eigenvalue weighted by Gasteiger charge is -2.22. The molecular weight excluding hydrogens is 284 g/mol. The quantitative estimate of drug-likeness (QED) is 0.292. The number of benzene rings is 2. The molecule has 0 saturated carbocycles. The monoisotopic (exact) mass is 304 g/mol. The third kappa shape index (κ3) is 1.67. The molecule has 0 atom stereocenters. The topological polar surface area (TPSA) is 260 Å². The summed E-state index contributed by atoms with van der Waals surface area (Å²) in [6.07, 6.45) is 0. The van der Waals surface area contributed by atoms with Crippen LogP contribution in [0.1, 0.15) is 0 Å². The van der Waals surface area contributed by atoms with Crippen molar-refractivity contribution in [3.63, 3.8) is 0 Å². The number of hydrogen-bond acceptors (Lipinski definition) is 10. The highest BCUT2D eigenvalue weighted by atomic mass is 14.8. The highest BCUT2D eigenvalue weighted by molar-refractivity contribution is 6.14. The van der Waals surface area contributed by atoms with Crippen LogP contribution in [0.3, 0.4) is 0 Å². The fourth-order valence-corrected chi connectivity index (χ4v) is 2.24. The highest BCUT2D eigenvalue weighted by Gasteiger charge is 2.24. The SMILES string of the molecule is Nc1c(N)c(N)c(-c2c(N)c(N)c(N)c(N)c2N)c(N)c1N. The second kappa shape index (κ2) is 4.48. The standard InChI is InChI=1S/C12H20N10/c13-3-1(4(14)8(18)11(21)7(3)17)2-5(15)9(19)12(22)10(20)6(2)16/h13-22H2. The summed E-state index contributed by atoms with van der Waals surface area (Å²) in [5.74, 6) is 0. The molecule has 20 N–H and O–H groups in total. The molecular formula is C12H20N10. The lowest BCUT2D eigenvalue weighted by Crippen LogP contribution is -2.13. The lowest BCUT2D eigenvalue weighted by atomic mass is 9.93. The van der Waals surface area contributed by atoms with E-state index in [0.717, 1.165) is 0 Å². The van der Waals surface area contributed by atoms with Gasteiger partial charge in [0.15, 0.2) is 0 Å². The largest absolute Gasteiger partial charge is 0.396 e. The summed E-state index contributed by atoms with van der Waals surface area (Å²) in [6, 6.07) is 0. The predicted molar refractivity (Wildman–Crippen MR) is 96.0 cm³/mol. The summed E-state index contributed by atoms with van der Waals surface area (Å²) in [5, 5.41) is 0. The molecule has 0 fully saturated rings. The normalized spacial score (nSPS) is 10.7. The molecule has 0 aliphatic rings. The molecule has 0 saturated heterocycles. The molecule has 10 nitrogen and oxygen atoms in total. The van der Waals surface area contributed by atoms with Crippen LogP contribution in [0.4, 0.5) is 56.9 Å². The van der Waals surface area contributed by atoms with Crippen molar-refractivity contribution in [3.8, 4) is 11.1 Å². The zero-order chi connectivity index (χ0) is 16.9. The lowest BCUT2D eigenvalue weighted by molar-refractivity contribution is 1.57. The Balaban J connectivity index is 3.03. The van der Waals surface area contributed by atoms with E-state index in [9.17, 15) is 0 Å². The van der Waals surface area contributed by atoms with Crippen LogP contribution in [-0.2, 0) is 0 Å². The average molecular weight is 304 g/mol. The fourth-order valence-electron chi connectivity index (χ4n) is 2.24. The van der Waals surface area contributed by atoms with E-state index in [4.69, 9.17) is 57.3 Å². The van der Waals surface area contributed by atoms with Gasteiger partial charge in [0.05, 0.1) is 56.9 Å². The molecule has 118 valence electrons. The Bertz CT molecular complexity index is 670. The second-order valence-electron chi connectivity index (χ2n) is 4.89. The van der Waals surface area contributed by atoms with Gasteiger partial charge in [-0.25, -0.2) is 0 Å². The number of rotatable bonds is 1. The molecule has 10 heteroatoms. The Morgan fingerprint density at radius 1 is 0.227 bits per heavy atom. The van der Waals surface area contributed by atoms with Gasteiger partial charge in [-0.05, 0) is 0 Å². The van der Waals surface area contributed by atoms with E-state index in [2.05, 4.69) is 0 Å². The Labute approximate surface area is 126 Å². The van der Waals surface area contributed by atoms with Gasteiger partial charge in [-0.3, -0.25) is 0 Å². The number of nitrogens with two attached hydrogens (primary N) is 10. The minimum Gasteiger partial charge on any atom is -0.396 e. The maximum absolute atomic E-state index is 6.00. The summed E-state index contributed by atoms with van der Waals surface area (Å²) < 4.78 is 0. The Morgan fingerprint density at radius 3 is 0.545 bits per heavy atom. The third-order valence-corrected chi connectivity index (χ3v) is 3.65. The maximum Gasteiger partial charge on any atom is 0.0824 e. The molecule has 0 aliphatic heterocycles. The molecule has 0 amide bonds. The summed E-state index contributed by atoms with van der Waals surface area (Å²) >= 11 is 0. The van der Waals surface area contributed by atoms with Crippen molar-refractivity contribution >= 4 is 56.9 Å². The smallest absolute Gasteiger partial charge is 0.0824 e. The van der Waals surface area contributed by atoms with Gasteiger partial charge in [0.25, 0.3) is 0 Å². The van der Waals surface area contributed by atoms with Gasteiger partial charge in [-0.15, -0.1) is 0 Å². The average Bonchev–Trinajstić information content (AvgIpc) is 2.50. The highest BCUT2D eigenvalue weighted by Crippen LogP contribution is 2.51. The molecule has 22 heavy (non-hydrogen) atoms. The van der Waals surface area contributed by atoms with Crippen molar-refractivity contribution < 1.29 is 0 Å². The van der Waals surface area contributed by atoms with Crippen molar-refractivity contribution in [1.29, 1.82) is 0 Å². The first-order chi connectivity index (χ1) is 10.1. The summed E-state index contributed by atoms with van der Waals surface area (Å²) in [4.78, 5) is 0. The number of hydrogen-bond donors (Lipinski definition) is 10. The molecule has 0 bridgehead atoms. The van der Waals surface area contributed by atoms with Gasteiger partial charge in [0, 0.05) is 11.1 Å². The summed E-state index contributed by atoms with van der Waals surface area (Å²) in [6.45, 7) is 0. The molecule has 0 spiro atoms.